The highest BCUT2D eigenvalue weighted by atomic mass is 79.9. The molecule has 2 heteroatoms. The van der Waals surface area contributed by atoms with Gasteiger partial charge in [-0.1, -0.05) is 46.6 Å². The summed E-state index contributed by atoms with van der Waals surface area (Å²) in [5, 5.41) is 3.77. The van der Waals surface area contributed by atoms with Gasteiger partial charge in [0.2, 0.25) is 0 Å². The minimum Gasteiger partial charge on any atom is -0.378 e. The second-order valence-corrected chi connectivity index (χ2v) is 6.86. The van der Waals surface area contributed by atoms with Crippen molar-refractivity contribution in [1.82, 2.24) is 0 Å². The van der Waals surface area contributed by atoms with Crippen LogP contribution in [-0.2, 0) is 6.42 Å². The van der Waals surface area contributed by atoms with Crippen LogP contribution in [-0.4, -0.2) is 0 Å². The molecule has 0 spiro atoms. The van der Waals surface area contributed by atoms with Crippen LogP contribution < -0.4 is 5.32 Å². The van der Waals surface area contributed by atoms with E-state index < -0.39 is 0 Å². The van der Waals surface area contributed by atoms with Crippen molar-refractivity contribution in [2.24, 2.45) is 0 Å². The molecule has 1 nitrogen and oxygen atoms in total. The molecule has 1 unspecified atom stereocenters. The predicted octanol–water partition coefficient (Wildman–Crippen LogP) is 5.95. The summed E-state index contributed by atoms with van der Waals surface area (Å²) in [5.74, 6) is 0. The molecule has 110 valence electrons. The number of rotatable bonds is 2. The maximum absolute atomic E-state index is 3.77. The van der Waals surface area contributed by atoms with Crippen molar-refractivity contribution < 1.29 is 0 Å². The summed E-state index contributed by atoms with van der Waals surface area (Å²) in [7, 11) is 0. The molecule has 0 saturated carbocycles. The zero-order valence-electron chi connectivity index (χ0n) is 12.7. The minimum atomic E-state index is 0.434. The highest BCUT2D eigenvalue weighted by Crippen LogP contribution is 2.33. The fraction of sp³-hybridized carbons (Fsp3) is 0.368. The first-order valence-corrected chi connectivity index (χ1v) is 8.55. The topological polar surface area (TPSA) is 12.0 Å². The van der Waals surface area contributed by atoms with E-state index in [1.165, 1.54) is 58.1 Å². The molecule has 1 N–H and O–H groups in total. The van der Waals surface area contributed by atoms with Gasteiger partial charge >= 0.3 is 0 Å². The Morgan fingerprint density at radius 3 is 2.52 bits per heavy atom. The monoisotopic (exact) mass is 343 g/mol. The smallest absolute Gasteiger partial charge is 0.0516 e. The zero-order valence-corrected chi connectivity index (χ0v) is 14.3. The van der Waals surface area contributed by atoms with Gasteiger partial charge in [-0.15, -0.1) is 0 Å². The molecule has 0 aliphatic heterocycles. The Morgan fingerprint density at radius 1 is 1.05 bits per heavy atom. The maximum atomic E-state index is 3.77. The summed E-state index contributed by atoms with van der Waals surface area (Å²) in [5.41, 5.74) is 6.81. The average molecular weight is 344 g/mol. The summed E-state index contributed by atoms with van der Waals surface area (Å²) in [6.07, 6.45) is 5.02. The van der Waals surface area contributed by atoms with Gasteiger partial charge in [-0.3, -0.25) is 0 Å². The van der Waals surface area contributed by atoms with Crippen LogP contribution in [0.25, 0.3) is 0 Å². The first-order chi connectivity index (χ1) is 10.1. The van der Waals surface area contributed by atoms with Crippen LogP contribution >= 0.6 is 15.9 Å². The van der Waals surface area contributed by atoms with E-state index in [4.69, 9.17) is 0 Å². The highest BCUT2D eigenvalue weighted by molar-refractivity contribution is 9.10. The quantitative estimate of drug-likeness (QED) is 0.664. The lowest BCUT2D eigenvalue weighted by Gasteiger charge is -2.21. The van der Waals surface area contributed by atoms with Crippen LogP contribution in [0.5, 0.6) is 0 Å². The van der Waals surface area contributed by atoms with E-state index in [2.05, 4.69) is 71.5 Å². The van der Waals surface area contributed by atoms with E-state index in [0.29, 0.717) is 6.04 Å². The second kappa shape index (κ2) is 6.23. The third-order valence-electron chi connectivity index (χ3n) is 4.40. The van der Waals surface area contributed by atoms with Gasteiger partial charge in [-0.25, -0.2) is 0 Å². The van der Waals surface area contributed by atoms with E-state index >= 15 is 0 Å². The van der Waals surface area contributed by atoms with Crippen molar-refractivity contribution in [3.8, 4) is 0 Å². The SMILES string of the molecule is Cc1cc(NC2CCCCc3ccccc32)cc(C)c1Br. The van der Waals surface area contributed by atoms with Crippen molar-refractivity contribution in [2.75, 3.05) is 5.32 Å². The molecule has 0 bridgehead atoms. The molecule has 0 fully saturated rings. The third-order valence-corrected chi connectivity index (χ3v) is 5.65. The Balaban J connectivity index is 1.91. The first kappa shape index (κ1) is 14.6. The summed E-state index contributed by atoms with van der Waals surface area (Å²) in [4.78, 5) is 0. The number of hydrogen-bond acceptors (Lipinski definition) is 1. The highest BCUT2D eigenvalue weighted by Gasteiger charge is 2.18. The van der Waals surface area contributed by atoms with E-state index in [0.717, 1.165) is 0 Å². The molecular formula is C19H22BrN. The molecule has 0 radical (unpaired) electrons. The summed E-state index contributed by atoms with van der Waals surface area (Å²) in [6, 6.07) is 13.8. The molecule has 0 amide bonds. The number of halogens is 1. The fourth-order valence-electron chi connectivity index (χ4n) is 3.30. The van der Waals surface area contributed by atoms with Gasteiger partial charge in [0, 0.05) is 10.2 Å². The van der Waals surface area contributed by atoms with E-state index in [-0.39, 0.29) is 0 Å². The summed E-state index contributed by atoms with van der Waals surface area (Å²) in [6.45, 7) is 4.31. The standard InChI is InChI=1S/C19H22BrN/c1-13-11-16(12-14(2)19(13)20)21-18-10-6-4-8-15-7-3-5-9-17(15)18/h3,5,7,9,11-12,18,21H,4,6,8,10H2,1-2H3. The van der Waals surface area contributed by atoms with Gasteiger partial charge in [0.05, 0.1) is 6.04 Å². The van der Waals surface area contributed by atoms with Crippen molar-refractivity contribution >= 4 is 21.6 Å². The van der Waals surface area contributed by atoms with Crippen LogP contribution in [0.1, 0.15) is 47.6 Å². The van der Waals surface area contributed by atoms with Gasteiger partial charge in [-0.05, 0) is 67.5 Å². The molecule has 2 aromatic rings. The molecule has 21 heavy (non-hydrogen) atoms. The van der Waals surface area contributed by atoms with Crippen LogP contribution in [0.4, 0.5) is 5.69 Å². The summed E-state index contributed by atoms with van der Waals surface area (Å²) < 4.78 is 1.22. The van der Waals surface area contributed by atoms with Crippen LogP contribution in [0.3, 0.4) is 0 Å². The lowest BCUT2D eigenvalue weighted by atomic mass is 9.98. The number of nitrogens with one attached hydrogen (secondary N) is 1. The Labute approximate surface area is 135 Å². The molecule has 1 aliphatic rings. The lowest BCUT2D eigenvalue weighted by molar-refractivity contribution is 0.644. The molecule has 1 aliphatic carbocycles. The van der Waals surface area contributed by atoms with E-state index in [1.807, 2.05) is 0 Å². The molecule has 2 aromatic carbocycles. The molecule has 0 saturated heterocycles. The number of aryl methyl sites for hydroxylation is 3. The van der Waals surface area contributed by atoms with Gasteiger partial charge in [0.1, 0.15) is 0 Å². The number of anilines is 1. The lowest BCUT2D eigenvalue weighted by Crippen LogP contribution is -2.11. The fourth-order valence-corrected chi connectivity index (χ4v) is 3.53. The Hall–Kier alpha value is -1.28. The zero-order chi connectivity index (χ0) is 14.8. The third kappa shape index (κ3) is 3.16. The summed E-state index contributed by atoms with van der Waals surface area (Å²) >= 11 is 3.65. The van der Waals surface area contributed by atoms with Crippen molar-refractivity contribution in [3.63, 3.8) is 0 Å². The van der Waals surface area contributed by atoms with Crippen LogP contribution in [0, 0.1) is 13.8 Å². The van der Waals surface area contributed by atoms with Crippen molar-refractivity contribution in [2.45, 2.75) is 45.6 Å². The molecule has 0 heterocycles. The van der Waals surface area contributed by atoms with Crippen molar-refractivity contribution in [1.29, 1.82) is 0 Å². The largest absolute Gasteiger partial charge is 0.378 e. The Bertz CT molecular complexity index is 625. The minimum absolute atomic E-state index is 0.434. The first-order valence-electron chi connectivity index (χ1n) is 7.76. The number of hydrogen-bond donors (Lipinski definition) is 1. The number of benzene rings is 2. The van der Waals surface area contributed by atoms with Gasteiger partial charge in [0.25, 0.3) is 0 Å². The molecule has 3 rings (SSSR count). The normalized spacial score (nSPS) is 18.0. The Kier molecular flexibility index (Phi) is 4.34. The van der Waals surface area contributed by atoms with Crippen LogP contribution in [0.15, 0.2) is 40.9 Å². The van der Waals surface area contributed by atoms with Crippen molar-refractivity contribution in [3.05, 3.63) is 63.1 Å². The maximum Gasteiger partial charge on any atom is 0.0516 e. The second-order valence-electron chi connectivity index (χ2n) is 6.07. The van der Waals surface area contributed by atoms with E-state index in [9.17, 15) is 0 Å². The van der Waals surface area contributed by atoms with Gasteiger partial charge in [0.15, 0.2) is 0 Å². The van der Waals surface area contributed by atoms with E-state index in [1.54, 1.807) is 0 Å². The van der Waals surface area contributed by atoms with Gasteiger partial charge in [-0.2, -0.15) is 0 Å². The average Bonchev–Trinajstić information content (AvgIpc) is 2.67. The molecule has 0 aromatic heterocycles. The molecular weight excluding hydrogens is 322 g/mol. The van der Waals surface area contributed by atoms with Gasteiger partial charge < -0.3 is 5.32 Å². The molecule has 1 atom stereocenters. The number of fused-ring (bicyclic) bond motifs is 1. The Morgan fingerprint density at radius 2 is 1.76 bits per heavy atom. The predicted molar refractivity (Wildman–Crippen MR) is 94.0 cm³/mol. The van der Waals surface area contributed by atoms with Crippen LogP contribution in [0.2, 0.25) is 0 Å².